The zero-order chi connectivity index (χ0) is 14.9. The minimum Gasteiger partial charge on any atom is -0.390 e. The van der Waals surface area contributed by atoms with Crippen LogP contribution in [0.4, 0.5) is 0 Å². The van der Waals surface area contributed by atoms with E-state index in [-0.39, 0.29) is 0 Å². The van der Waals surface area contributed by atoms with E-state index in [4.69, 9.17) is 0 Å². The maximum absolute atomic E-state index is 10.1. The van der Waals surface area contributed by atoms with Crippen molar-refractivity contribution in [3.63, 3.8) is 0 Å². The van der Waals surface area contributed by atoms with Gasteiger partial charge in [-0.3, -0.25) is 4.90 Å². The summed E-state index contributed by atoms with van der Waals surface area (Å²) in [5, 5.41) is 10.1. The number of hydrogen-bond donors (Lipinski definition) is 1. The Morgan fingerprint density at radius 1 is 1.19 bits per heavy atom. The molecule has 3 heteroatoms. The zero-order valence-electron chi connectivity index (χ0n) is 12.7. The molecule has 1 fully saturated rings. The van der Waals surface area contributed by atoms with Crippen LogP contribution in [0.15, 0.2) is 30.3 Å². The van der Waals surface area contributed by atoms with Crippen molar-refractivity contribution in [2.24, 2.45) is 0 Å². The Bertz CT molecular complexity index is 511. The van der Waals surface area contributed by atoms with Gasteiger partial charge in [-0.15, -0.1) is 0 Å². The summed E-state index contributed by atoms with van der Waals surface area (Å²) in [7, 11) is 0. The number of rotatable bonds is 2. The maximum atomic E-state index is 10.1. The molecule has 0 bridgehead atoms. The van der Waals surface area contributed by atoms with Crippen LogP contribution in [0.1, 0.15) is 44.6 Å². The molecule has 3 rings (SSSR count). The van der Waals surface area contributed by atoms with Crippen molar-refractivity contribution < 1.29 is 5.11 Å². The highest BCUT2D eigenvalue weighted by Gasteiger charge is 2.31. The van der Waals surface area contributed by atoms with Crippen molar-refractivity contribution >= 4 is 28.2 Å². The molecule has 1 aromatic carbocycles. The number of aliphatic hydroxyl groups is 1. The molecule has 1 saturated heterocycles. The van der Waals surface area contributed by atoms with Crippen molar-refractivity contribution in [1.29, 1.82) is 0 Å². The summed E-state index contributed by atoms with van der Waals surface area (Å²) in [6.45, 7) is 4.01. The Hall–Kier alpha value is -0.390. The van der Waals surface area contributed by atoms with E-state index in [1.54, 1.807) is 0 Å². The fraction of sp³-hybridized carbons (Fsp3) is 0.556. The van der Waals surface area contributed by atoms with Gasteiger partial charge in [-0.1, -0.05) is 18.2 Å². The highest BCUT2D eigenvalue weighted by atomic mass is 127. The second-order valence-electron chi connectivity index (χ2n) is 6.69. The monoisotopic (exact) mass is 397 g/mol. The SMILES string of the molecule is CC1(O)CCN(C2C=C(c3ccc(I)cc3)CCC2)CC1. The van der Waals surface area contributed by atoms with Gasteiger partial charge in [0.15, 0.2) is 0 Å². The van der Waals surface area contributed by atoms with Gasteiger partial charge in [0.1, 0.15) is 0 Å². The molecular formula is C18H24INO. The van der Waals surface area contributed by atoms with E-state index < -0.39 is 5.60 Å². The third-order valence-corrected chi connectivity index (χ3v) is 5.62. The quantitative estimate of drug-likeness (QED) is 0.761. The molecule has 114 valence electrons. The van der Waals surface area contributed by atoms with Crippen molar-refractivity contribution in [3.05, 3.63) is 39.5 Å². The van der Waals surface area contributed by atoms with Gasteiger partial charge in [0.25, 0.3) is 0 Å². The van der Waals surface area contributed by atoms with Crippen LogP contribution in [0.5, 0.6) is 0 Å². The molecule has 0 radical (unpaired) electrons. The number of likely N-dealkylation sites (tertiary alicyclic amines) is 1. The molecule has 1 heterocycles. The van der Waals surface area contributed by atoms with Crippen LogP contribution in [-0.4, -0.2) is 34.7 Å². The molecule has 0 amide bonds. The van der Waals surface area contributed by atoms with Gasteiger partial charge < -0.3 is 5.11 Å². The van der Waals surface area contributed by atoms with E-state index in [1.165, 1.54) is 34.0 Å². The summed E-state index contributed by atoms with van der Waals surface area (Å²) in [6.07, 6.45) is 8.01. The van der Waals surface area contributed by atoms with Crippen molar-refractivity contribution in [2.75, 3.05) is 13.1 Å². The van der Waals surface area contributed by atoms with Crippen molar-refractivity contribution in [3.8, 4) is 0 Å². The first-order chi connectivity index (χ1) is 10.0. The normalized spacial score (nSPS) is 26.4. The first-order valence-corrected chi connectivity index (χ1v) is 9.04. The first-order valence-electron chi connectivity index (χ1n) is 7.97. The highest BCUT2D eigenvalue weighted by Crippen LogP contribution is 2.32. The molecule has 1 N–H and O–H groups in total. The van der Waals surface area contributed by atoms with Crippen LogP contribution in [0.25, 0.3) is 5.57 Å². The molecular weight excluding hydrogens is 373 g/mol. The number of piperidine rings is 1. The summed E-state index contributed by atoms with van der Waals surface area (Å²) in [5.41, 5.74) is 2.43. The molecule has 0 saturated carbocycles. The lowest BCUT2D eigenvalue weighted by molar-refractivity contribution is -0.0127. The summed E-state index contributed by atoms with van der Waals surface area (Å²) < 4.78 is 1.29. The van der Waals surface area contributed by atoms with E-state index >= 15 is 0 Å². The minimum atomic E-state index is -0.451. The van der Waals surface area contributed by atoms with Crippen molar-refractivity contribution in [2.45, 2.75) is 50.7 Å². The lowest BCUT2D eigenvalue weighted by Gasteiger charge is -2.40. The topological polar surface area (TPSA) is 23.5 Å². The number of hydrogen-bond acceptors (Lipinski definition) is 2. The van der Waals surface area contributed by atoms with Gasteiger partial charge in [0.2, 0.25) is 0 Å². The lowest BCUT2D eigenvalue weighted by atomic mass is 9.87. The predicted octanol–water partition coefficient (Wildman–Crippen LogP) is 4.07. The van der Waals surface area contributed by atoms with Gasteiger partial charge in [-0.25, -0.2) is 0 Å². The largest absolute Gasteiger partial charge is 0.390 e. The first kappa shape index (κ1) is 15.5. The lowest BCUT2D eigenvalue weighted by Crippen LogP contribution is -2.46. The van der Waals surface area contributed by atoms with E-state index in [1.807, 2.05) is 6.92 Å². The van der Waals surface area contributed by atoms with Crippen LogP contribution < -0.4 is 0 Å². The maximum Gasteiger partial charge on any atom is 0.0644 e. The van der Waals surface area contributed by atoms with Crippen molar-refractivity contribution in [1.82, 2.24) is 4.90 Å². The number of nitrogens with zero attached hydrogens (tertiary/aromatic N) is 1. The van der Waals surface area contributed by atoms with Crippen LogP contribution in [0.3, 0.4) is 0 Å². The molecule has 0 spiro atoms. The average Bonchev–Trinajstić information content (AvgIpc) is 2.48. The van der Waals surface area contributed by atoms with Gasteiger partial charge in [-0.05, 0) is 84.9 Å². The predicted molar refractivity (Wildman–Crippen MR) is 96.2 cm³/mol. The van der Waals surface area contributed by atoms with E-state index in [0.29, 0.717) is 6.04 Å². The van der Waals surface area contributed by atoms with Gasteiger partial charge in [0, 0.05) is 22.7 Å². The summed E-state index contributed by atoms with van der Waals surface area (Å²) in [6, 6.07) is 9.44. The van der Waals surface area contributed by atoms with Crippen LogP contribution >= 0.6 is 22.6 Å². The Morgan fingerprint density at radius 3 is 2.52 bits per heavy atom. The second kappa shape index (κ2) is 6.39. The smallest absolute Gasteiger partial charge is 0.0644 e. The van der Waals surface area contributed by atoms with Gasteiger partial charge in [0.05, 0.1) is 5.60 Å². The fourth-order valence-corrected chi connectivity index (χ4v) is 3.79. The van der Waals surface area contributed by atoms with Crippen LogP contribution in [0.2, 0.25) is 0 Å². The summed E-state index contributed by atoms with van der Waals surface area (Å²) >= 11 is 2.36. The molecule has 1 aliphatic heterocycles. The molecule has 1 unspecified atom stereocenters. The van der Waals surface area contributed by atoms with E-state index in [0.717, 1.165) is 25.9 Å². The number of halogens is 1. The standard InChI is InChI=1S/C18H24INO/c1-18(21)9-11-20(12-10-18)17-4-2-3-15(13-17)14-5-7-16(19)8-6-14/h5-8,13,17,21H,2-4,9-12H2,1H3. The average molecular weight is 397 g/mol. The molecule has 1 atom stereocenters. The fourth-order valence-electron chi connectivity index (χ4n) is 3.43. The van der Waals surface area contributed by atoms with Crippen LogP contribution in [-0.2, 0) is 0 Å². The van der Waals surface area contributed by atoms with E-state index in [9.17, 15) is 5.11 Å². The third kappa shape index (κ3) is 3.88. The Labute approximate surface area is 141 Å². The Morgan fingerprint density at radius 2 is 1.86 bits per heavy atom. The Kier molecular flexibility index (Phi) is 4.71. The molecule has 21 heavy (non-hydrogen) atoms. The number of allylic oxidation sites excluding steroid dienone is 1. The molecule has 2 aliphatic rings. The number of benzene rings is 1. The minimum absolute atomic E-state index is 0.451. The summed E-state index contributed by atoms with van der Waals surface area (Å²) in [4.78, 5) is 2.56. The zero-order valence-corrected chi connectivity index (χ0v) is 14.8. The molecule has 0 aromatic heterocycles. The Balaban J connectivity index is 1.72. The van der Waals surface area contributed by atoms with Gasteiger partial charge >= 0.3 is 0 Å². The highest BCUT2D eigenvalue weighted by molar-refractivity contribution is 14.1. The van der Waals surface area contributed by atoms with Crippen LogP contribution in [0, 0.1) is 3.57 Å². The second-order valence-corrected chi connectivity index (χ2v) is 7.94. The van der Waals surface area contributed by atoms with E-state index in [2.05, 4.69) is 57.8 Å². The molecule has 2 nitrogen and oxygen atoms in total. The summed E-state index contributed by atoms with van der Waals surface area (Å²) in [5.74, 6) is 0. The van der Waals surface area contributed by atoms with Gasteiger partial charge in [-0.2, -0.15) is 0 Å². The molecule has 1 aromatic rings. The third-order valence-electron chi connectivity index (χ3n) is 4.90. The molecule has 1 aliphatic carbocycles.